The Morgan fingerprint density at radius 3 is 2.59 bits per heavy atom. The number of aliphatic hydroxyl groups excluding tert-OH is 1. The molecule has 0 aliphatic carbocycles. The van der Waals surface area contributed by atoms with Crippen molar-refractivity contribution >= 4 is 15.9 Å². The lowest BCUT2D eigenvalue weighted by atomic mass is 10.1. The molecule has 0 aliphatic rings. The van der Waals surface area contributed by atoms with Gasteiger partial charge in [-0.05, 0) is 18.2 Å². The second-order valence-corrected chi connectivity index (χ2v) is 4.23. The van der Waals surface area contributed by atoms with Crippen LogP contribution in [0.4, 0.5) is 17.6 Å². The summed E-state index contributed by atoms with van der Waals surface area (Å²) in [7, 11) is 0. The average Bonchev–Trinajstić information content (AvgIpc) is 2.19. The molecule has 7 heteroatoms. The van der Waals surface area contributed by atoms with E-state index in [0.29, 0.717) is 4.47 Å². The highest BCUT2D eigenvalue weighted by Gasteiger charge is 2.28. The zero-order valence-corrected chi connectivity index (χ0v) is 10.1. The standard InChI is InChI=1S/C10H9BrF4O2/c11-6-1-2-8(12)7(3-6)9(16)4-17-5-10(13,14)15/h1-3,9,16H,4-5H2. The fraction of sp³-hybridized carbons (Fsp3) is 0.400. The molecule has 0 spiro atoms. The van der Waals surface area contributed by atoms with E-state index in [9.17, 15) is 22.7 Å². The maximum Gasteiger partial charge on any atom is 0.411 e. The van der Waals surface area contributed by atoms with Crippen LogP contribution in [-0.4, -0.2) is 24.5 Å². The quantitative estimate of drug-likeness (QED) is 0.864. The van der Waals surface area contributed by atoms with Crippen LogP contribution in [0.25, 0.3) is 0 Å². The SMILES string of the molecule is OC(COCC(F)(F)F)c1cc(Br)ccc1F. The van der Waals surface area contributed by atoms with Gasteiger partial charge in [-0.3, -0.25) is 0 Å². The van der Waals surface area contributed by atoms with Gasteiger partial charge in [-0.15, -0.1) is 0 Å². The van der Waals surface area contributed by atoms with Crippen molar-refractivity contribution in [2.75, 3.05) is 13.2 Å². The van der Waals surface area contributed by atoms with Gasteiger partial charge in [0.05, 0.1) is 6.61 Å². The summed E-state index contributed by atoms with van der Waals surface area (Å²) in [5.74, 6) is -0.698. The Kier molecular flexibility index (Phi) is 4.91. The lowest BCUT2D eigenvalue weighted by molar-refractivity contribution is -0.179. The molecule has 96 valence electrons. The first kappa shape index (κ1) is 14.4. The Balaban J connectivity index is 2.58. The summed E-state index contributed by atoms with van der Waals surface area (Å²) < 4.78 is 53.3. The lowest BCUT2D eigenvalue weighted by Gasteiger charge is -2.13. The van der Waals surface area contributed by atoms with Crippen molar-refractivity contribution in [3.63, 3.8) is 0 Å². The Bertz CT molecular complexity index is 381. The Hall–Kier alpha value is -0.660. The topological polar surface area (TPSA) is 29.5 Å². The predicted molar refractivity (Wildman–Crippen MR) is 55.9 cm³/mol. The van der Waals surface area contributed by atoms with Gasteiger partial charge in [0.1, 0.15) is 18.5 Å². The van der Waals surface area contributed by atoms with Crippen LogP contribution in [0.5, 0.6) is 0 Å². The van der Waals surface area contributed by atoms with Crippen LogP contribution in [0.3, 0.4) is 0 Å². The molecular formula is C10H9BrF4O2. The van der Waals surface area contributed by atoms with Crippen LogP contribution < -0.4 is 0 Å². The zero-order chi connectivity index (χ0) is 13.1. The van der Waals surface area contributed by atoms with Crippen LogP contribution in [-0.2, 0) is 4.74 Å². The van der Waals surface area contributed by atoms with Gasteiger partial charge < -0.3 is 9.84 Å². The van der Waals surface area contributed by atoms with Crippen molar-refractivity contribution in [2.24, 2.45) is 0 Å². The number of halogens is 5. The number of hydrogen-bond acceptors (Lipinski definition) is 2. The maximum absolute atomic E-state index is 13.2. The molecule has 0 bridgehead atoms. The van der Waals surface area contributed by atoms with Crippen molar-refractivity contribution < 1.29 is 27.4 Å². The van der Waals surface area contributed by atoms with Crippen LogP contribution in [0, 0.1) is 5.82 Å². The summed E-state index contributed by atoms with van der Waals surface area (Å²) in [4.78, 5) is 0. The highest BCUT2D eigenvalue weighted by atomic mass is 79.9. The van der Waals surface area contributed by atoms with E-state index in [0.717, 1.165) is 6.07 Å². The van der Waals surface area contributed by atoms with Gasteiger partial charge in [-0.25, -0.2) is 4.39 Å². The Morgan fingerprint density at radius 2 is 2.00 bits per heavy atom. The number of ether oxygens (including phenoxy) is 1. The third kappa shape index (κ3) is 5.01. The summed E-state index contributed by atoms with van der Waals surface area (Å²) in [5.41, 5.74) is -0.110. The normalized spacial score (nSPS) is 13.8. The summed E-state index contributed by atoms with van der Waals surface area (Å²) in [5, 5.41) is 9.47. The zero-order valence-electron chi connectivity index (χ0n) is 8.47. The summed E-state index contributed by atoms with van der Waals surface area (Å²) in [6.45, 7) is -2.09. The molecular weight excluding hydrogens is 308 g/mol. The second kappa shape index (κ2) is 5.79. The molecule has 1 N–H and O–H groups in total. The fourth-order valence-electron chi connectivity index (χ4n) is 1.15. The number of aliphatic hydroxyl groups is 1. The Labute approximate surface area is 103 Å². The summed E-state index contributed by atoms with van der Waals surface area (Å²) in [6, 6.07) is 3.81. The maximum atomic E-state index is 13.2. The molecule has 17 heavy (non-hydrogen) atoms. The van der Waals surface area contributed by atoms with Crippen LogP contribution in [0.1, 0.15) is 11.7 Å². The molecule has 0 fully saturated rings. The number of rotatable bonds is 4. The van der Waals surface area contributed by atoms with E-state index in [2.05, 4.69) is 20.7 Å². The van der Waals surface area contributed by atoms with E-state index in [1.807, 2.05) is 0 Å². The summed E-state index contributed by atoms with van der Waals surface area (Å²) >= 11 is 3.07. The van der Waals surface area contributed by atoms with Crippen LogP contribution in [0.15, 0.2) is 22.7 Å². The van der Waals surface area contributed by atoms with E-state index in [1.54, 1.807) is 0 Å². The molecule has 1 unspecified atom stereocenters. The second-order valence-electron chi connectivity index (χ2n) is 3.31. The highest BCUT2D eigenvalue weighted by Crippen LogP contribution is 2.23. The van der Waals surface area contributed by atoms with Crippen molar-refractivity contribution in [1.29, 1.82) is 0 Å². The van der Waals surface area contributed by atoms with E-state index < -0.39 is 31.3 Å². The van der Waals surface area contributed by atoms with Gasteiger partial charge in [-0.1, -0.05) is 15.9 Å². The average molecular weight is 317 g/mol. The third-order valence-electron chi connectivity index (χ3n) is 1.86. The van der Waals surface area contributed by atoms with Crippen molar-refractivity contribution in [3.05, 3.63) is 34.1 Å². The van der Waals surface area contributed by atoms with Gasteiger partial charge in [-0.2, -0.15) is 13.2 Å². The lowest BCUT2D eigenvalue weighted by Crippen LogP contribution is -2.20. The number of alkyl halides is 3. The smallest absolute Gasteiger partial charge is 0.386 e. The van der Waals surface area contributed by atoms with E-state index in [1.165, 1.54) is 12.1 Å². The Morgan fingerprint density at radius 1 is 1.35 bits per heavy atom. The molecule has 0 radical (unpaired) electrons. The molecule has 0 aromatic heterocycles. The molecule has 2 nitrogen and oxygen atoms in total. The van der Waals surface area contributed by atoms with Crippen molar-refractivity contribution in [3.8, 4) is 0 Å². The minimum absolute atomic E-state index is 0.110. The molecule has 0 amide bonds. The highest BCUT2D eigenvalue weighted by molar-refractivity contribution is 9.10. The molecule has 1 rings (SSSR count). The third-order valence-corrected chi connectivity index (χ3v) is 2.35. The van der Waals surface area contributed by atoms with Crippen molar-refractivity contribution in [2.45, 2.75) is 12.3 Å². The first-order valence-corrected chi connectivity index (χ1v) is 5.36. The van der Waals surface area contributed by atoms with E-state index >= 15 is 0 Å². The van der Waals surface area contributed by atoms with Crippen LogP contribution >= 0.6 is 15.9 Å². The molecule has 1 aromatic rings. The van der Waals surface area contributed by atoms with Gasteiger partial charge in [0.25, 0.3) is 0 Å². The molecule has 0 heterocycles. The first-order chi connectivity index (χ1) is 7.79. The molecule has 1 aromatic carbocycles. The minimum atomic E-state index is -4.46. The first-order valence-electron chi connectivity index (χ1n) is 4.57. The molecule has 1 atom stereocenters. The van der Waals surface area contributed by atoms with Gasteiger partial charge in [0.15, 0.2) is 0 Å². The summed E-state index contributed by atoms with van der Waals surface area (Å²) in [6.07, 6.45) is -5.90. The monoisotopic (exact) mass is 316 g/mol. The predicted octanol–water partition coefficient (Wildman–Crippen LogP) is 3.20. The molecule has 0 saturated carbocycles. The van der Waals surface area contributed by atoms with Gasteiger partial charge in [0, 0.05) is 10.0 Å². The molecule has 0 aliphatic heterocycles. The van der Waals surface area contributed by atoms with Crippen LogP contribution in [0.2, 0.25) is 0 Å². The van der Waals surface area contributed by atoms with E-state index in [-0.39, 0.29) is 5.56 Å². The number of hydrogen-bond donors (Lipinski definition) is 1. The fourth-order valence-corrected chi connectivity index (χ4v) is 1.52. The largest absolute Gasteiger partial charge is 0.411 e. The van der Waals surface area contributed by atoms with Gasteiger partial charge >= 0.3 is 6.18 Å². The number of benzene rings is 1. The van der Waals surface area contributed by atoms with Crippen molar-refractivity contribution in [1.82, 2.24) is 0 Å². The minimum Gasteiger partial charge on any atom is -0.386 e. The molecule has 0 saturated heterocycles. The van der Waals surface area contributed by atoms with E-state index in [4.69, 9.17) is 0 Å². The van der Waals surface area contributed by atoms with Gasteiger partial charge in [0.2, 0.25) is 0 Å².